The molecule has 0 aromatic carbocycles. The van der Waals surface area contributed by atoms with Gasteiger partial charge in [0.15, 0.2) is 0 Å². The van der Waals surface area contributed by atoms with Crippen molar-refractivity contribution in [3.05, 3.63) is 0 Å². The second-order valence-electron chi connectivity index (χ2n) is 9.16. The molecule has 0 saturated carbocycles. The van der Waals surface area contributed by atoms with Gasteiger partial charge in [0.2, 0.25) is 11.8 Å². The molecule has 170 valence electrons. The maximum absolute atomic E-state index is 12.8. The molecule has 0 aliphatic rings. The van der Waals surface area contributed by atoms with E-state index in [2.05, 4.69) is 29.8 Å². The van der Waals surface area contributed by atoms with E-state index in [0.29, 0.717) is 12.5 Å². The van der Waals surface area contributed by atoms with Gasteiger partial charge in [-0.3, -0.25) is 14.4 Å². The molecule has 0 rings (SSSR count). The number of carbonyl (C=O) groups is 3. The molecular weight excluding hydrogens is 374 g/mol. The smallest absolute Gasteiger partial charge is 0.323 e. The third-order valence-electron chi connectivity index (χ3n) is 4.19. The van der Waals surface area contributed by atoms with E-state index in [1.54, 1.807) is 0 Å². The van der Waals surface area contributed by atoms with Crippen LogP contribution in [0, 0.1) is 11.8 Å². The van der Waals surface area contributed by atoms with Gasteiger partial charge in [-0.05, 0) is 39.0 Å². The molecular formula is C21H41N3O5. The van der Waals surface area contributed by atoms with Crippen LogP contribution in [0.5, 0.6) is 0 Å². The van der Waals surface area contributed by atoms with E-state index in [9.17, 15) is 14.4 Å². The summed E-state index contributed by atoms with van der Waals surface area (Å²) in [6.07, 6.45) is 0.720. The van der Waals surface area contributed by atoms with Crippen molar-refractivity contribution in [2.45, 2.75) is 85.5 Å². The summed E-state index contributed by atoms with van der Waals surface area (Å²) in [6, 6.07) is -1.45. The molecule has 0 aromatic rings. The summed E-state index contributed by atoms with van der Waals surface area (Å²) in [5, 5.41) is 8.85. The third kappa shape index (κ3) is 12.5. The molecule has 3 N–H and O–H groups in total. The Kier molecular flexibility index (Phi) is 12.1. The molecule has 0 fully saturated rings. The minimum atomic E-state index is -0.789. The molecule has 29 heavy (non-hydrogen) atoms. The Labute approximate surface area is 175 Å². The second-order valence-corrected chi connectivity index (χ2v) is 9.16. The number of hydrogen-bond donors (Lipinski definition) is 3. The molecule has 0 aliphatic heterocycles. The summed E-state index contributed by atoms with van der Waals surface area (Å²) >= 11 is 0. The maximum Gasteiger partial charge on any atom is 0.323 e. The van der Waals surface area contributed by atoms with Gasteiger partial charge in [0.25, 0.3) is 0 Å². The predicted molar refractivity (Wildman–Crippen MR) is 113 cm³/mol. The standard InChI is InChI=1S/C21H41N3O5/c1-13(2)10-16(11-22-18(14(3)4)20(27)28-9)24-19(26)17(23-15(5)25)12-29-21(6,7)8/h13-14,16-18,22H,10-12H2,1-9H3,(H,23,25)(H,24,26)/t16-,17-,18-/m0/s1. The highest BCUT2D eigenvalue weighted by molar-refractivity contribution is 5.87. The van der Waals surface area contributed by atoms with Crippen LogP contribution in [-0.4, -0.2) is 61.8 Å². The average Bonchev–Trinajstić information content (AvgIpc) is 2.56. The monoisotopic (exact) mass is 415 g/mol. The van der Waals surface area contributed by atoms with Gasteiger partial charge in [0.1, 0.15) is 12.1 Å². The average molecular weight is 416 g/mol. The Balaban J connectivity index is 5.16. The summed E-state index contributed by atoms with van der Waals surface area (Å²) in [4.78, 5) is 36.3. The fraction of sp³-hybridized carbons (Fsp3) is 0.857. The van der Waals surface area contributed by atoms with Crippen LogP contribution >= 0.6 is 0 Å². The highest BCUT2D eigenvalue weighted by Crippen LogP contribution is 2.10. The lowest BCUT2D eigenvalue weighted by Crippen LogP contribution is -2.55. The topological polar surface area (TPSA) is 106 Å². The van der Waals surface area contributed by atoms with Gasteiger partial charge in [0.05, 0.1) is 19.3 Å². The Hall–Kier alpha value is -1.67. The van der Waals surface area contributed by atoms with E-state index in [1.807, 2.05) is 34.6 Å². The van der Waals surface area contributed by atoms with Gasteiger partial charge < -0.3 is 25.4 Å². The summed E-state index contributed by atoms with van der Waals surface area (Å²) in [5.74, 6) is -0.555. The van der Waals surface area contributed by atoms with Crippen molar-refractivity contribution in [1.29, 1.82) is 0 Å². The van der Waals surface area contributed by atoms with E-state index >= 15 is 0 Å². The first-order valence-electron chi connectivity index (χ1n) is 10.3. The van der Waals surface area contributed by atoms with Crippen molar-refractivity contribution in [3.8, 4) is 0 Å². The first-order valence-corrected chi connectivity index (χ1v) is 10.3. The molecule has 0 aliphatic carbocycles. The molecule has 8 nitrogen and oxygen atoms in total. The van der Waals surface area contributed by atoms with E-state index in [0.717, 1.165) is 6.42 Å². The Morgan fingerprint density at radius 3 is 2.00 bits per heavy atom. The van der Waals surface area contributed by atoms with E-state index in [1.165, 1.54) is 14.0 Å². The SMILES string of the molecule is COC(=O)[C@@H](NC[C@H](CC(C)C)NC(=O)[C@H](COC(C)(C)C)NC(C)=O)C(C)C. The molecule has 8 heteroatoms. The van der Waals surface area contributed by atoms with Crippen LogP contribution in [0.25, 0.3) is 0 Å². The van der Waals surface area contributed by atoms with Crippen LogP contribution in [0.3, 0.4) is 0 Å². The van der Waals surface area contributed by atoms with Crippen LogP contribution in [0.2, 0.25) is 0 Å². The molecule has 0 spiro atoms. The first-order chi connectivity index (χ1) is 13.3. The Morgan fingerprint density at radius 1 is 1.00 bits per heavy atom. The van der Waals surface area contributed by atoms with E-state index < -0.39 is 17.7 Å². The highest BCUT2D eigenvalue weighted by Gasteiger charge is 2.27. The van der Waals surface area contributed by atoms with Crippen molar-refractivity contribution >= 4 is 17.8 Å². The Morgan fingerprint density at radius 2 is 1.59 bits per heavy atom. The number of hydrogen-bond acceptors (Lipinski definition) is 6. The van der Waals surface area contributed by atoms with Crippen molar-refractivity contribution < 1.29 is 23.9 Å². The minimum absolute atomic E-state index is 0.0464. The van der Waals surface area contributed by atoms with Crippen molar-refractivity contribution in [2.24, 2.45) is 11.8 Å². The number of carbonyl (C=O) groups excluding carboxylic acids is 3. The lowest BCUT2D eigenvalue weighted by Gasteiger charge is -2.28. The zero-order chi connectivity index (χ0) is 22.8. The van der Waals surface area contributed by atoms with Gasteiger partial charge in [-0.25, -0.2) is 0 Å². The fourth-order valence-corrected chi connectivity index (χ4v) is 2.81. The molecule has 0 unspecified atom stereocenters. The number of rotatable bonds is 12. The van der Waals surface area contributed by atoms with Gasteiger partial charge in [-0.15, -0.1) is 0 Å². The van der Waals surface area contributed by atoms with E-state index in [4.69, 9.17) is 9.47 Å². The normalized spacial score (nSPS) is 15.0. The quantitative estimate of drug-likeness (QED) is 0.418. The van der Waals surface area contributed by atoms with Crippen LogP contribution in [0.15, 0.2) is 0 Å². The molecule has 0 heterocycles. The zero-order valence-electron chi connectivity index (χ0n) is 19.5. The van der Waals surface area contributed by atoms with Crippen LogP contribution in [0.4, 0.5) is 0 Å². The fourth-order valence-electron chi connectivity index (χ4n) is 2.81. The van der Waals surface area contributed by atoms with Gasteiger partial charge in [-0.1, -0.05) is 27.7 Å². The number of ether oxygens (including phenoxy) is 2. The number of methoxy groups -OCH3 is 1. The Bertz CT molecular complexity index is 529. The lowest BCUT2D eigenvalue weighted by atomic mass is 10.0. The zero-order valence-corrected chi connectivity index (χ0v) is 19.5. The van der Waals surface area contributed by atoms with Crippen molar-refractivity contribution in [1.82, 2.24) is 16.0 Å². The van der Waals surface area contributed by atoms with Crippen LogP contribution in [0.1, 0.15) is 61.8 Å². The number of nitrogens with one attached hydrogen (secondary N) is 3. The van der Waals surface area contributed by atoms with Gasteiger partial charge in [0, 0.05) is 19.5 Å². The first kappa shape index (κ1) is 27.3. The molecule has 3 atom stereocenters. The lowest BCUT2D eigenvalue weighted by molar-refractivity contribution is -0.144. The van der Waals surface area contributed by atoms with Gasteiger partial charge in [-0.2, -0.15) is 0 Å². The second kappa shape index (κ2) is 12.8. The highest BCUT2D eigenvalue weighted by atomic mass is 16.5. The molecule has 0 saturated heterocycles. The van der Waals surface area contributed by atoms with E-state index in [-0.39, 0.29) is 36.4 Å². The summed E-state index contributed by atoms with van der Waals surface area (Å²) in [5.41, 5.74) is -0.430. The minimum Gasteiger partial charge on any atom is -0.468 e. The molecule has 0 radical (unpaired) electrons. The summed E-state index contributed by atoms with van der Waals surface area (Å²) in [7, 11) is 1.36. The molecule has 0 bridgehead atoms. The predicted octanol–water partition coefficient (Wildman–Crippen LogP) is 1.62. The van der Waals surface area contributed by atoms with Gasteiger partial charge >= 0.3 is 5.97 Å². The number of amides is 2. The summed E-state index contributed by atoms with van der Waals surface area (Å²) in [6.45, 7) is 15.5. The maximum atomic E-state index is 12.8. The third-order valence-corrected chi connectivity index (χ3v) is 4.19. The van der Waals surface area contributed by atoms with Crippen LogP contribution in [-0.2, 0) is 23.9 Å². The largest absolute Gasteiger partial charge is 0.468 e. The van der Waals surface area contributed by atoms with Crippen molar-refractivity contribution in [3.63, 3.8) is 0 Å². The van der Waals surface area contributed by atoms with Crippen molar-refractivity contribution in [2.75, 3.05) is 20.3 Å². The molecule has 0 aromatic heterocycles. The summed E-state index contributed by atoms with van der Waals surface area (Å²) < 4.78 is 10.6. The van der Waals surface area contributed by atoms with Crippen LogP contribution < -0.4 is 16.0 Å². The number of esters is 1. The molecule has 2 amide bonds.